The Balaban J connectivity index is 3.48. The molecule has 3 N–H and O–H groups in total. The molecule has 0 aromatic heterocycles. The number of carbonyl (C=O) groups excluding carboxylic acids is 2. The van der Waals surface area contributed by atoms with Crippen molar-refractivity contribution >= 4 is 11.9 Å². The molecule has 0 rings (SSSR count). The number of esters is 1. The van der Waals surface area contributed by atoms with Crippen LogP contribution in [0.15, 0.2) is 48.6 Å². The normalized spacial score (nSPS) is 13.1. The molecule has 0 saturated heterocycles. The molecular weight excluding hydrogens is 731 g/mol. The topological polar surface area (TPSA) is 95.9 Å². The Morgan fingerprint density at radius 2 is 0.864 bits per heavy atom. The highest BCUT2D eigenvalue weighted by atomic mass is 16.5. The van der Waals surface area contributed by atoms with E-state index in [9.17, 15) is 19.8 Å². The second-order valence-corrected chi connectivity index (χ2v) is 17.1. The van der Waals surface area contributed by atoms with Gasteiger partial charge in [0, 0.05) is 12.8 Å². The van der Waals surface area contributed by atoms with Crippen molar-refractivity contribution < 1.29 is 24.5 Å². The summed E-state index contributed by atoms with van der Waals surface area (Å²) in [5, 5.41) is 22.9. The first kappa shape index (κ1) is 56.8. The van der Waals surface area contributed by atoms with Gasteiger partial charge in [0.1, 0.15) is 0 Å². The summed E-state index contributed by atoms with van der Waals surface area (Å²) in [5.74, 6) is -0.124. The van der Waals surface area contributed by atoms with Crippen LogP contribution < -0.4 is 5.32 Å². The summed E-state index contributed by atoms with van der Waals surface area (Å²) in [6.45, 7) is 4.72. The molecule has 6 nitrogen and oxygen atoms in total. The van der Waals surface area contributed by atoms with Crippen LogP contribution in [0.4, 0.5) is 0 Å². The van der Waals surface area contributed by atoms with E-state index in [1.807, 2.05) is 6.08 Å². The fourth-order valence-corrected chi connectivity index (χ4v) is 7.39. The minimum absolute atomic E-state index is 0.0481. The Kier molecular flexibility index (Phi) is 46.7. The van der Waals surface area contributed by atoms with Crippen molar-refractivity contribution in [2.75, 3.05) is 13.2 Å². The van der Waals surface area contributed by atoms with Gasteiger partial charge in [0.2, 0.25) is 5.91 Å². The second-order valence-electron chi connectivity index (χ2n) is 17.1. The van der Waals surface area contributed by atoms with E-state index in [4.69, 9.17) is 4.74 Å². The van der Waals surface area contributed by atoms with Gasteiger partial charge in [-0.15, -0.1) is 0 Å². The molecule has 344 valence electrons. The van der Waals surface area contributed by atoms with Crippen molar-refractivity contribution in [3.63, 3.8) is 0 Å². The maximum absolute atomic E-state index is 12.4. The fraction of sp³-hybridized carbons (Fsp3) is 0.811. The number of aliphatic hydroxyl groups excluding tert-OH is 2. The van der Waals surface area contributed by atoms with Gasteiger partial charge in [0.15, 0.2) is 0 Å². The molecular formula is C53H97NO5. The third-order valence-corrected chi connectivity index (χ3v) is 11.3. The van der Waals surface area contributed by atoms with E-state index >= 15 is 0 Å². The van der Waals surface area contributed by atoms with E-state index in [1.54, 1.807) is 6.08 Å². The summed E-state index contributed by atoms with van der Waals surface area (Å²) >= 11 is 0. The van der Waals surface area contributed by atoms with Crippen LogP contribution in [0.1, 0.15) is 251 Å². The van der Waals surface area contributed by atoms with Gasteiger partial charge < -0.3 is 20.3 Å². The first-order chi connectivity index (χ1) is 29.0. The molecule has 0 saturated carbocycles. The summed E-state index contributed by atoms with van der Waals surface area (Å²) in [6.07, 6.45) is 59.9. The van der Waals surface area contributed by atoms with Crippen molar-refractivity contribution in [2.45, 2.75) is 264 Å². The molecule has 0 aliphatic rings. The number of nitrogens with one attached hydrogen (secondary N) is 1. The molecule has 0 heterocycles. The van der Waals surface area contributed by atoms with Crippen molar-refractivity contribution in [1.29, 1.82) is 0 Å². The third kappa shape index (κ3) is 45.2. The molecule has 6 heteroatoms. The molecule has 0 aliphatic heterocycles. The lowest BCUT2D eigenvalue weighted by molar-refractivity contribution is -0.143. The minimum Gasteiger partial charge on any atom is -0.465 e. The SMILES string of the molecule is CCCC/C=C\CCCCCCCC(=O)OCC/C=C\C/C=C\CCCCCCCCCCCCCCCCC(=O)NC(CO)C(O)/C=C/CCCCCCCCCC. The molecule has 0 aromatic carbocycles. The van der Waals surface area contributed by atoms with Crippen LogP contribution >= 0.6 is 0 Å². The van der Waals surface area contributed by atoms with Crippen molar-refractivity contribution in [3.05, 3.63) is 48.6 Å². The van der Waals surface area contributed by atoms with Crippen LogP contribution in [0.3, 0.4) is 0 Å². The van der Waals surface area contributed by atoms with Crippen LogP contribution in [0.25, 0.3) is 0 Å². The number of hydrogen-bond acceptors (Lipinski definition) is 5. The van der Waals surface area contributed by atoms with Gasteiger partial charge in [0.05, 0.1) is 25.4 Å². The molecule has 1 amide bonds. The number of rotatable bonds is 46. The average Bonchev–Trinajstić information content (AvgIpc) is 3.24. The van der Waals surface area contributed by atoms with E-state index in [0.29, 0.717) is 19.4 Å². The Bertz CT molecular complexity index is 1000. The van der Waals surface area contributed by atoms with Gasteiger partial charge in [-0.3, -0.25) is 9.59 Å². The number of ether oxygens (including phenoxy) is 1. The molecule has 2 unspecified atom stereocenters. The number of allylic oxidation sites excluding steroid dienone is 6. The molecule has 0 aliphatic carbocycles. The zero-order chi connectivity index (χ0) is 43.0. The van der Waals surface area contributed by atoms with Crippen LogP contribution in [-0.2, 0) is 14.3 Å². The predicted octanol–water partition coefficient (Wildman–Crippen LogP) is 15.1. The monoisotopic (exact) mass is 828 g/mol. The lowest BCUT2D eigenvalue weighted by atomic mass is 10.0. The molecule has 0 bridgehead atoms. The fourth-order valence-electron chi connectivity index (χ4n) is 7.39. The minimum atomic E-state index is -0.846. The molecule has 2 atom stereocenters. The van der Waals surface area contributed by atoms with Gasteiger partial charge in [-0.25, -0.2) is 0 Å². The smallest absolute Gasteiger partial charge is 0.305 e. The lowest BCUT2D eigenvalue weighted by Gasteiger charge is -2.20. The van der Waals surface area contributed by atoms with E-state index in [2.05, 4.69) is 55.6 Å². The van der Waals surface area contributed by atoms with Gasteiger partial charge in [-0.2, -0.15) is 0 Å². The van der Waals surface area contributed by atoms with Crippen LogP contribution in [0.2, 0.25) is 0 Å². The van der Waals surface area contributed by atoms with Crippen molar-refractivity contribution in [2.24, 2.45) is 0 Å². The molecule has 0 aromatic rings. The summed E-state index contributed by atoms with van der Waals surface area (Å²) in [5.41, 5.74) is 0. The summed E-state index contributed by atoms with van der Waals surface area (Å²) in [4.78, 5) is 24.3. The number of hydrogen-bond donors (Lipinski definition) is 3. The van der Waals surface area contributed by atoms with Gasteiger partial charge in [-0.05, 0) is 70.6 Å². The van der Waals surface area contributed by atoms with Crippen LogP contribution in [0.5, 0.6) is 0 Å². The van der Waals surface area contributed by atoms with Crippen molar-refractivity contribution in [3.8, 4) is 0 Å². The number of aliphatic hydroxyl groups is 2. The Morgan fingerprint density at radius 3 is 1.36 bits per heavy atom. The highest BCUT2D eigenvalue weighted by Crippen LogP contribution is 2.15. The number of amides is 1. The predicted molar refractivity (Wildman–Crippen MR) is 255 cm³/mol. The van der Waals surface area contributed by atoms with Crippen LogP contribution in [-0.4, -0.2) is 47.4 Å². The van der Waals surface area contributed by atoms with E-state index < -0.39 is 12.1 Å². The van der Waals surface area contributed by atoms with E-state index in [1.165, 1.54) is 173 Å². The first-order valence-corrected chi connectivity index (χ1v) is 25.4. The van der Waals surface area contributed by atoms with Gasteiger partial charge >= 0.3 is 5.97 Å². The van der Waals surface area contributed by atoms with Crippen LogP contribution in [0, 0.1) is 0 Å². The second kappa shape index (κ2) is 48.5. The Morgan fingerprint density at radius 1 is 0.475 bits per heavy atom. The van der Waals surface area contributed by atoms with E-state index in [-0.39, 0.29) is 18.5 Å². The zero-order valence-corrected chi connectivity index (χ0v) is 39.0. The highest BCUT2D eigenvalue weighted by molar-refractivity contribution is 5.76. The lowest BCUT2D eigenvalue weighted by Crippen LogP contribution is -2.45. The molecule has 59 heavy (non-hydrogen) atoms. The Labute approximate surface area is 366 Å². The maximum atomic E-state index is 12.4. The zero-order valence-electron chi connectivity index (χ0n) is 39.0. The molecule has 0 radical (unpaired) electrons. The van der Waals surface area contributed by atoms with Gasteiger partial charge in [-0.1, -0.05) is 217 Å². The summed E-state index contributed by atoms with van der Waals surface area (Å²) in [6, 6.07) is -0.630. The quantitative estimate of drug-likeness (QED) is 0.0323. The van der Waals surface area contributed by atoms with E-state index in [0.717, 1.165) is 51.4 Å². The van der Waals surface area contributed by atoms with Gasteiger partial charge in [0.25, 0.3) is 0 Å². The number of unbranched alkanes of at least 4 members (excludes halogenated alkanes) is 29. The molecule has 0 spiro atoms. The maximum Gasteiger partial charge on any atom is 0.305 e. The summed E-state index contributed by atoms with van der Waals surface area (Å²) < 4.78 is 5.38. The largest absolute Gasteiger partial charge is 0.465 e. The molecule has 0 fully saturated rings. The number of carbonyl (C=O) groups is 2. The standard InChI is InChI=1S/C53H97NO5/c1-3-5-7-9-11-13-26-31-35-39-43-47-53(58)59-48-44-40-36-32-28-25-23-21-19-17-15-16-18-20-22-24-27-30-34-38-42-46-52(57)54-50(49-55)51(56)45-41-37-33-29-14-12-10-8-6-4-2/h9,11,25,28,36,40-41,45,50-51,55-56H,3-8,10,12-24,26-27,29-35,37-39,42-44,46-49H2,1-2H3,(H,54,57)/b11-9-,28-25-,40-36-,45-41+. The van der Waals surface area contributed by atoms with Crippen molar-refractivity contribution in [1.82, 2.24) is 5.32 Å². The first-order valence-electron chi connectivity index (χ1n) is 25.4. The summed E-state index contributed by atoms with van der Waals surface area (Å²) in [7, 11) is 0. The third-order valence-electron chi connectivity index (χ3n) is 11.3. The highest BCUT2D eigenvalue weighted by Gasteiger charge is 2.18. The Hall–Kier alpha value is -2.18. The average molecular weight is 828 g/mol.